The van der Waals surface area contributed by atoms with Gasteiger partial charge in [-0.1, -0.05) is 12.1 Å². The summed E-state index contributed by atoms with van der Waals surface area (Å²) in [6.45, 7) is 1.66. The number of hydrogen-bond acceptors (Lipinski definition) is 3. The van der Waals surface area contributed by atoms with Crippen LogP contribution in [-0.4, -0.2) is 25.2 Å². The number of rotatable bonds is 3. The Morgan fingerprint density at radius 3 is 2.74 bits per heavy atom. The number of carboxylic acids is 1. The van der Waals surface area contributed by atoms with Crippen molar-refractivity contribution in [2.75, 3.05) is 0 Å². The molecule has 6 nitrogen and oxygen atoms in total. The van der Waals surface area contributed by atoms with E-state index >= 15 is 0 Å². The zero-order valence-corrected chi connectivity index (χ0v) is 12.6. The van der Waals surface area contributed by atoms with Crippen molar-refractivity contribution in [2.45, 2.75) is 13.5 Å². The molecular formula is C16H14FN3O3. The molecule has 0 amide bonds. The number of pyridine rings is 1. The number of carboxylic acid groups (broad SMARTS) is 1. The summed E-state index contributed by atoms with van der Waals surface area (Å²) in [5, 5.41) is 9.40. The van der Waals surface area contributed by atoms with E-state index in [2.05, 4.69) is 4.98 Å². The van der Waals surface area contributed by atoms with Gasteiger partial charge in [-0.05, 0) is 13.0 Å². The zero-order chi connectivity index (χ0) is 16.7. The van der Waals surface area contributed by atoms with Crippen molar-refractivity contribution >= 4 is 16.7 Å². The molecule has 0 unspecified atom stereocenters. The molecule has 23 heavy (non-hydrogen) atoms. The first kappa shape index (κ1) is 15.0. The van der Waals surface area contributed by atoms with Crippen LogP contribution in [0.4, 0.5) is 4.39 Å². The first-order chi connectivity index (χ1) is 10.9. The number of aromatic nitrogens is 3. The van der Waals surface area contributed by atoms with Crippen molar-refractivity contribution in [3.8, 4) is 0 Å². The first-order valence-electron chi connectivity index (χ1n) is 6.92. The van der Waals surface area contributed by atoms with Crippen LogP contribution in [0.15, 0.2) is 35.5 Å². The molecule has 2 aromatic heterocycles. The van der Waals surface area contributed by atoms with Gasteiger partial charge in [0, 0.05) is 24.3 Å². The molecule has 0 bridgehead atoms. The Kier molecular flexibility index (Phi) is 3.48. The molecule has 2 heterocycles. The van der Waals surface area contributed by atoms with Crippen LogP contribution in [0.1, 0.15) is 21.7 Å². The van der Waals surface area contributed by atoms with E-state index in [9.17, 15) is 19.1 Å². The third kappa shape index (κ3) is 2.30. The second-order valence-electron chi connectivity index (χ2n) is 5.32. The van der Waals surface area contributed by atoms with Gasteiger partial charge in [-0.2, -0.15) is 0 Å². The monoisotopic (exact) mass is 315 g/mol. The van der Waals surface area contributed by atoms with E-state index in [4.69, 9.17) is 0 Å². The van der Waals surface area contributed by atoms with E-state index in [1.54, 1.807) is 31.1 Å². The molecule has 0 spiro atoms. The topological polar surface area (TPSA) is 77.1 Å². The number of aromatic carboxylic acids is 1. The molecule has 0 atom stereocenters. The van der Waals surface area contributed by atoms with Crippen LogP contribution in [0.5, 0.6) is 0 Å². The lowest BCUT2D eigenvalue weighted by atomic mass is 10.0. The van der Waals surface area contributed by atoms with E-state index in [0.29, 0.717) is 5.69 Å². The third-order valence-electron chi connectivity index (χ3n) is 3.96. The average Bonchev–Trinajstić information content (AvgIpc) is 2.88. The van der Waals surface area contributed by atoms with Gasteiger partial charge in [-0.15, -0.1) is 0 Å². The number of fused-ring (bicyclic) bond motifs is 1. The molecule has 0 radical (unpaired) electrons. The van der Waals surface area contributed by atoms with E-state index in [-0.39, 0.29) is 28.6 Å². The molecular weight excluding hydrogens is 301 g/mol. The molecule has 1 N–H and O–H groups in total. The lowest BCUT2D eigenvalue weighted by Crippen LogP contribution is -2.27. The van der Waals surface area contributed by atoms with Crippen molar-refractivity contribution in [2.24, 2.45) is 7.05 Å². The Balaban J connectivity index is 2.38. The molecule has 0 saturated carbocycles. The second-order valence-corrected chi connectivity index (χ2v) is 5.32. The molecule has 1 aromatic carbocycles. The Morgan fingerprint density at radius 2 is 2.13 bits per heavy atom. The highest BCUT2D eigenvalue weighted by Crippen LogP contribution is 2.22. The minimum absolute atomic E-state index is 0.0683. The summed E-state index contributed by atoms with van der Waals surface area (Å²) in [5.41, 5.74) is 0.368. The van der Waals surface area contributed by atoms with Gasteiger partial charge in [0.25, 0.3) is 5.56 Å². The number of nitrogens with zero attached hydrogens (tertiary/aromatic N) is 3. The van der Waals surface area contributed by atoms with Gasteiger partial charge in [0.1, 0.15) is 5.82 Å². The summed E-state index contributed by atoms with van der Waals surface area (Å²) < 4.78 is 17.1. The lowest BCUT2D eigenvalue weighted by Gasteiger charge is -2.15. The van der Waals surface area contributed by atoms with Crippen LogP contribution in [0.2, 0.25) is 0 Å². The Labute approximate surface area is 130 Å². The molecule has 0 aliphatic rings. The standard InChI is InChI=1S/C16H14FN3O3/c1-9-13(16(22)23)11-4-3-5-12(17)14(11)15(21)20(9)7-10-6-18-8-19(10)2/h3-6,8H,7H2,1-2H3,(H,22,23). The summed E-state index contributed by atoms with van der Waals surface area (Å²) in [4.78, 5) is 28.3. The van der Waals surface area contributed by atoms with Crippen molar-refractivity contribution < 1.29 is 14.3 Å². The van der Waals surface area contributed by atoms with E-state index < -0.39 is 17.3 Å². The fourth-order valence-corrected chi connectivity index (χ4v) is 2.73. The molecule has 0 saturated heterocycles. The average molecular weight is 315 g/mol. The SMILES string of the molecule is Cc1c(C(=O)O)c2cccc(F)c2c(=O)n1Cc1cncn1C. The van der Waals surface area contributed by atoms with Gasteiger partial charge in [0.2, 0.25) is 0 Å². The molecule has 7 heteroatoms. The highest BCUT2D eigenvalue weighted by molar-refractivity contribution is 6.04. The number of imidazole rings is 1. The summed E-state index contributed by atoms with van der Waals surface area (Å²) in [6.07, 6.45) is 3.16. The fourth-order valence-electron chi connectivity index (χ4n) is 2.73. The molecule has 3 rings (SSSR count). The normalized spacial score (nSPS) is 11.1. The fraction of sp³-hybridized carbons (Fsp3) is 0.188. The summed E-state index contributed by atoms with van der Waals surface area (Å²) in [6, 6.07) is 4.00. The highest BCUT2D eigenvalue weighted by Gasteiger charge is 2.21. The maximum absolute atomic E-state index is 14.1. The van der Waals surface area contributed by atoms with Gasteiger partial charge in [-0.3, -0.25) is 4.79 Å². The van der Waals surface area contributed by atoms with Crippen LogP contribution in [0.25, 0.3) is 10.8 Å². The van der Waals surface area contributed by atoms with Crippen LogP contribution >= 0.6 is 0 Å². The number of hydrogen-bond donors (Lipinski definition) is 1. The molecule has 0 fully saturated rings. The third-order valence-corrected chi connectivity index (χ3v) is 3.96. The van der Waals surface area contributed by atoms with Crippen molar-refractivity contribution in [3.63, 3.8) is 0 Å². The van der Waals surface area contributed by atoms with Gasteiger partial charge < -0.3 is 14.2 Å². The summed E-state index contributed by atoms with van der Waals surface area (Å²) in [7, 11) is 1.77. The predicted molar refractivity (Wildman–Crippen MR) is 82.2 cm³/mol. The van der Waals surface area contributed by atoms with Crippen molar-refractivity contribution in [3.05, 3.63) is 63.8 Å². The smallest absolute Gasteiger partial charge is 0.338 e. The number of halogens is 1. The zero-order valence-electron chi connectivity index (χ0n) is 12.6. The van der Waals surface area contributed by atoms with Gasteiger partial charge in [0.15, 0.2) is 0 Å². The minimum atomic E-state index is -1.20. The minimum Gasteiger partial charge on any atom is -0.478 e. The predicted octanol–water partition coefficient (Wildman–Crippen LogP) is 1.93. The number of carbonyl (C=O) groups is 1. The van der Waals surface area contributed by atoms with Crippen LogP contribution in [-0.2, 0) is 13.6 Å². The van der Waals surface area contributed by atoms with Gasteiger partial charge in [-0.25, -0.2) is 14.2 Å². The number of benzene rings is 1. The van der Waals surface area contributed by atoms with Crippen LogP contribution in [0.3, 0.4) is 0 Å². The Morgan fingerprint density at radius 1 is 1.39 bits per heavy atom. The molecule has 0 aliphatic carbocycles. The van der Waals surface area contributed by atoms with Crippen LogP contribution < -0.4 is 5.56 Å². The van der Waals surface area contributed by atoms with E-state index in [1.807, 2.05) is 0 Å². The van der Waals surface area contributed by atoms with Crippen molar-refractivity contribution in [1.82, 2.24) is 14.1 Å². The second kappa shape index (κ2) is 5.35. The lowest BCUT2D eigenvalue weighted by molar-refractivity contribution is 0.0697. The maximum Gasteiger partial charge on any atom is 0.338 e. The quantitative estimate of drug-likeness (QED) is 0.801. The Hall–Kier alpha value is -2.96. The largest absolute Gasteiger partial charge is 0.478 e. The number of aryl methyl sites for hydroxylation is 1. The van der Waals surface area contributed by atoms with Crippen molar-refractivity contribution in [1.29, 1.82) is 0 Å². The summed E-state index contributed by atoms with van der Waals surface area (Å²) in [5.74, 6) is -1.93. The molecule has 118 valence electrons. The van der Waals surface area contributed by atoms with Gasteiger partial charge in [0.05, 0.1) is 29.5 Å². The molecule has 0 aliphatic heterocycles. The summed E-state index contributed by atoms with van der Waals surface area (Å²) >= 11 is 0. The maximum atomic E-state index is 14.1. The Bertz CT molecular complexity index is 988. The van der Waals surface area contributed by atoms with Crippen LogP contribution in [0, 0.1) is 12.7 Å². The highest BCUT2D eigenvalue weighted by atomic mass is 19.1. The first-order valence-corrected chi connectivity index (χ1v) is 6.92. The van der Waals surface area contributed by atoms with E-state index in [0.717, 1.165) is 6.07 Å². The van der Waals surface area contributed by atoms with Gasteiger partial charge >= 0.3 is 5.97 Å². The van der Waals surface area contributed by atoms with E-state index in [1.165, 1.54) is 16.7 Å². The molecule has 3 aromatic rings.